The summed E-state index contributed by atoms with van der Waals surface area (Å²) in [4.78, 5) is 18.7. The largest absolute Gasteiger partial charge is 0.367 e. The van der Waals surface area contributed by atoms with Crippen LogP contribution in [0.15, 0.2) is 42.7 Å². The fourth-order valence-corrected chi connectivity index (χ4v) is 1.70. The molecule has 1 heterocycles. The smallest absolute Gasteiger partial charge is 0.246 e. The molecule has 2 aromatic rings. The summed E-state index contributed by atoms with van der Waals surface area (Å²) in [5, 5.41) is 2.81. The van der Waals surface area contributed by atoms with Crippen molar-refractivity contribution in [3.05, 3.63) is 54.1 Å². The molecule has 1 atom stereocenters. The quantitative estimate of drug-likeness (QED) is 0.831. The highest BCUT2D eigenvalue weighted by Gasteiger charge is 2.11. The third kappa shape index (κ3) is 4.22. The summed E-state index contributed by atoms with van der Waals surface area (Å²) in [5.41, 5.74) is 1.05. The van der Waals surface area contributed by atoms with E-state index in [0.717, 1.165) is 11.4 Å². The number of imidazole rings is 1. The number of amides is 1. The van der Waals surface area contributed by atoms with Crippen molar-refractivity contribution in [1.29, 1.82) is 0 Å². The van der Waals surface area contributed by atoms with E-state index in [1.165, 1.54) is 0 Å². The molecule has 0 bridgehead atoms. The number of carbonyl (C=O) groups is 1. The molecule has 0 saturated heterocycles. The number of rotatable bonds is 6. The maximum Gasteiger partial charge on any atom is 0.246 e. The minimum atomic E-state index is -0.153. The summed E-state index contributed by atoms with van der Waals surface area (Å²) in [6.07, 6.45) is 3.38. The molecule has 2 N–H and O–H groups in total. The Morgan fingerprint density at radius 3 is 2.89 bits per heavy atom. The van der Waals surface area contributed by atoms with Gasteiger partial charge in [0.2, 0.25) is 5.91 Å². The van der Waals surface area contributed by atoms with Gasteiger partial charge >= 0.3 is 0 Å². The Bertz CT molecular complexity index is 497. The van der Waals surface area contributed by atoms with E-state index in [2.05, 4.69) is 15.3 Å². The average Bonchev–Trinajstić information content (AvgIpc) is 2.94. The molecule has 0 saturated carbocycles. The monoisotopic (exact) mass is 259 g/mol. The van der Waals surface area contributed by atoms with Crippen molar-refractivity contribution in [2.45, 2.75) is 19.6 Å². The number of ether oxygens (including phenoxy) is 1. The normalized spacial score (nSPS) is 12.1. The number of carbonyl (C=O) groups excluding carboxylic acids is 1. The molecule has 0 radical (unpaired) electrons. The molecule has 2 rings (SSSR count). The van der Waals surface area contributed by atoms with Gasteiger partial charge in [0.1, 0.15) is 12.4 Å². The van der Waals surface area contributed by atoms with E-state index in [4.69, 9.17) is 4.74 Å². The average molecular weight is 259 g/mol. The SMILES string of the molecule is CC(NC(=O)COCc1ccccc1)c1ncc[nH]1. The van der Waals surface area contributed by atoms with Crippen LogP contribution in [-0.2, 0) is 16.1 Å². The zero-order chi connectivity index (χ0) is 13.5. The fraction of sp³-hybridized carbons (Fsp3) is 0.286. The van der Waals surface area contributed by atoms with Crippen molar-refractivity contribution in [2.75, 3.05) is 6.61 Å². The molecule has 5 nitrogen and oxygen atoms in total. The number of H-pyrrole nitrogens is 1. The molecule has 19 heavy (non-hydrogen) atoms. The second-order valence-corrected chi connectivity index (χ2v) is 4.24. The highest BCUT2D eigenvalue weighted by molar-refractivity contribution is 5.77. The number of hydrogen-bond donors (Lipinski definition) is 2. The van der Waals surface area contributed by atoms with Gasteiger partial charge in [0.15, 0.2) is 0 Å². The molecule has 0 aliphatic carbocycles. The van der Waals surface area contributed by atoms with Gasteiger partial charge in [-0.05, 0) is 12.5 Å². The van der Waals surface area contributed by atoms with E-state index >= 15 is 0 Å². The first-order valence-electron chi connectivity index (χ1n) is 6.16. The lowest BCUT2D eigenvalue weighted by Gasteiger charge is -2.11. The number of benzene rings is 1. The first-order chi connectivity index (χ1) is 9.25. The third-order valence-corrected chi connectivity index (χ3v) is 2.65. The number of hydrogen-bond acceptors (Lipinski definition) is 3. The summed E-state index contributed by atoms with van der Waals surface area (Å²) in [6.45, 7) is 2.34. The van der Waals surface area contributed by atoms with Crippen LogP contribution in [-0.4, -0.2) is 22.5 Å². The minimum absolute atomic E-state index is 0.0416. The Morgan fingerprint density at radius 1 is 1.42 bits per heavy atom. The molecule has 0 aliphatic rings. The highest BCUT2D eigenvalue weighted by atomic mass is 16.5. The molecule has 100 valence electrons. The Hall–Kier alpha value is -2.14. The predicted octanol–water partition coefficient (Wildman–Crippen LogP) is 1.80. The standard InChI is InChI=1S/C14H17N3O2/c1-11(14-15-7-8-16-14)17-13(18)10-19-9-12-5-3-2-4-6-12/h2-8,11H,9-10H2,1H3,(H,15,16)(H,17,18). The van der Waals surface area contributed by atoms with E-state index in [1.54, 1.807) is 12.4 Å². The van der Waals surface area contributed by atoms with Crippen LogP contribution >= 0.6 is 0 Å². The van der Waals surface area contributed by atoms with Gasteiger partial charge in [-0.2, -0.15) is 0 Å². The summed E-state index contributed by atoms with van der Waals surface area (Å²) in [7, 11) is 0. The van der Waals surface area contributed by atoms with E-state index in [0.29, 0.717) is 6.61 Å². The number of aromatic amines is 1. The topological polar surface area (TPSA) is 67.0 Å². The molecule has 0 fully saturated rings. The summed E-state index contributed by atoms with van der Waals surface area (Å²) in [5.74, 6) is 0.580. The number of nitrogens with zero attached hydrogens (tertiary/aromatic N) is 1. The Balaban J connectivity index is 1.70. The Labute approximate surface area is 112 Å². The Morgan fingerprint density at radius 2 is 2.21 bits per heavy atom. The zero-order valence-electron chi connectivity index (χ0n) is 10.8. The van der Waals surface area contributed by atoms with Crippen LogP contribution in [0.25, 0.3) is 0 Å². The van der Waals surface area contributed by atoms with Gasteiger partial charge in [0, 0.05) is 12.4 Å². The van der Waals surface area contributed by atoms with Gasteiger partial charge in [-0.15, -0.1) is 0 Å². The van der Waals surface area contributed by atoms with Gasteiger partial charge in [0.25, 0.3) is 0 Å². The summed E-state index contributed by atoms with van der Waals surface area (Å²) >= 11 is 0. The van der Waals surface area contributed by atoms with Crippen LogP contribution in [0.3, 0.4) is 0 Å². The van der Waals surface area contributed by atoms with Crippen molar-refractivity contribution in [3.8, 4) is 0 Å². The van der Waals surface area contributed by atoms with Crippen molar-refractivity contribution in [2.24, 2.45) is 0 Å². The molecule has 1 aromatic heterocycles. The van der Waals surface area contributed by atoms with Crippen molar-refractivity contribution < 1.29 is 9.53 Å². The van der Waals surface area contributed by atoms with E-state index in [9.17, 15) is 4.79 Å². The predicted molar refractivity (Wildman–Crippen MR) is 71.2 cm³/mol. The molecule has 0 aliphatic heterocycles. The molecule has 5 heteroatoms. The fourth-order valence-electron chi connectivity index (χ4n) is 1.70. The second-order valence-electron chi connectivity index (χ2n) is 4.24. The third-order valence-electron chi connectivity index (χ3n) is 2.65. The second kappa shape index (κ2) is 6.70. The van der Waals surface area contributed by atoms with E-state index in [1.807, 2.05) is 37.3 Å². The van der Waals surface area contributed by atoms with Crippen molar-refractivity contribution in [1.82, 2.24) is 15.3 Å². The van der Waals surface area contributed by atoms with E-state index < -0.39 is 0 Å². The van der Waals surface area contributed by atoms with Gasteiger partial charge in [-0.1, -0.05) is 30.3 Å². The van der Waals surface area contributed by atoms with Gasteiger partial charge in [-0.3, -0.25) is 4.79 Å². The maximum atomic E-state index is 11.7. The molecule has 0 spiro atoms. The van der Waals surface area contributed by atoms with Crippen LogP contribution < -0.4 is 5.32 Å². The minimum Gasteiger partial charge on any atom is -0.367 e. The number of nitrogens with one attached hydrogen (secondary N) is 2. The van der Waals surface area contributed by atoms with Crippen LogP contribution in [0.5, 0.6) is 0 Å². The van der Waals surface area contributed by atoms with E-state index in [-0.39, 0.29) is 18.6 Å². The number of aromatic nitrogens is 2. The molecule has 1 amide bonds. The molecule has 1 unspecified atom stereocenters. The zero-order valence-corrected chi connectivity index (χ0v) is 10.8. The van der Waals surface area contributed by atoms with Crippen molar-refractivity contribution in [3.63, 3.8) is 0 Å². The Kier molecular flexibility index (Phi) is 4.69. The van der Waals surface area contributed by atoms with Crippen LogP contribution in [0.2, 0.25) is 0 Å². The van der Waals surface area contributed by atoms with Crippen LogP contribution in [0.1, 0.15) is 24.4 Å². The van der Waals surface area contributed by atoms with Crippen LogP contribution in [0, 0.1) is 0 Å². The highest BCUT2D eigenvalue weighted by Crippen LogP contribution is 2.05. The summed E-state index contributed by atoms with van der Waals surface area (Å²) in [6, 6.07) is 9.60. The maximum absolute atomic E-state index is 11.7. The van der Waals surface area contributed by atoms with Crippen molar-refractivity contribution >= 4 is 5.91 Å². The summed E-state index contributed by atoms with van der Waals surface area (Å²) < 4.78 is 5.36. The van der Waals surface area contributed by atoms with Gasteiger partial charge in [0.05, 0.1) is 12.6 Å². The van der Waals surface area contributed by atoms with Crippen LogP contribution in [0.4, 0.5) is 0 Å². The molecular formula is C14H17N3O2. The first-order valence-corrected chi connectivity index (χ1v) is 6.16. The van der Waals surface area contributed by atoms with Gasteiger partial charge in [-0.25, -0.2) is 4.98 Å². The lowest BCUT2D eigenvalue weighted by atomic mass is 10.2. The lowest BCUT2D eigenvalue weighted by Crippen LogP contribution is -2.30. The molecule has 1 aromatic carbocycles. The van der Waals surface area contributed by atoms with Gasteiger partial charge < -0.3 is 15.0 Å². The lowest BCUT2D eigenvalue weighted by molar-refractivity contribution is -0.126. The molecular weight excluding hydrogens is 242 g/mol. The first kappa shape index (κ1) is 13.3.